The predicted octanol–water partition coefficient (Wildman–Crippen LogP) is 3.73. The quantitative estimate of drug-likeness (QED) is 0.726. The zero-order valence-electron chi connectivity index (χ0n) is 10.0. The number of halogens is 1. The first kappa shape index (κ1) is 11.0. The molecule has 0 saturated heterocycles. The van der Waals surface area contributed by atoms with Gasteiger partial charge in [0.1, 0.15) is 5.82 Å². The number of rotatable bonds is 1. The summed E-state index contributed by atoms with van der Waals surface area (Å²) in [4.78, 5) is 0. The molecule has 1 atom stereocenters. The molecule has 0 fully saturated rings. The van der Waals surface area contributed by atoms with E-state index in [-0.39, 0.29) is 11.9 Å². The second-order valence-electron chi connectivity index (χ2n) is 4.99. The Labute approximate surface area is 102 Å². The van der Waals surface area contributed by atoms with E-state index in [1.807, 2.05) is 12.1 Å². The summed E-state index contributed by atoms with van der Waals surface area (Å²) in [7, 11) is 0. The van der Waals surface area contributed by atoms with Gasteiger partial charge in [-0.05, 0) is 50.3 Å². The van der Waals surface area contributed by atoms with Gasteiger partial charge in [-0.2, -0.15) is 0 Å². The molecule has 0 radical (unpaired) electrons. The third kappa shape index (κ3) is 2.02. The van der Waals surface area contributed by atoms with Gasteiger partial charge < -0.3 is 5.32 Å². The van der Waals surface area contributed by atoms with Gasteiger partial charge in [0.15, 0.2) is 0 Å². The molecule has 17 heavy (non-hydrogen) atoms. The molecule has 2 aliphatic rings. The Kier molecular flexibility index (Phi) is 2.98. The highest BCUT2D eigenvalue weighted by Gasteiger charge is 2.27. The fraction of sp³-hybridized carbons (Fsp3) is 0.467. The minimum absolute atomic E-state index is 0.0793. The maximum Gasteiger partial charge on any atom is 0.128 e. The van der Waals surface area contributed by atoms with Gasteiger partial charge in [0.25, 0.3) is 0 Å². The first-order chi connectivity index (χ1) is 8.36. The van der Waals surface area contributed by atoms with Crippen LogP contribution in [0.5, 0.6) is 0 Å². The lowest BCUT2D eigenvalue weighted by molar-refractivity contribution is 0.472. The predicted molar refractivity (Wildman–Crippen MR) is 67.3 cm³/mol. The van der Waals surface area contributed by atoms with E-state index in [9.17, 15) is 4.39 Å². The van der Waals surface area contributed by atoms with E-state index in [0.717, 1.165) is 24.9 Å². The van der Waals surface area contributed by atoms with E-state index in [2.05, 4.69) is 5.32 Å². The lowest BCUT2D eigenvalue weighted by Crippen LogP contribution is -2.31. The Balaban J connectivity index is 2.00. The lowest BCUT2D eigenvalue weighted by atomic mass is 9.81. The Morgan fingerprint density at radius 2 is 1.88 bits per heavy atom. The van der Waals surface area contributed by atoms with Crippen LogP contribution >= 0.6 is 0 Å². The van der Waals surface area contributed by atoms with Crippen molar-refractivity contribution in [2.45, 2.75) is 38.1 Å². The van der Waals surface area contributed by atoms with Crippen LogP contribution in [0.15, 0.2) is 35.4 Å². The molecule has 1 aromatic rings. The molecule has 1 heterocycles. The van der Waals surface area contributed by atoms with Crippen LogP contribution in [-0.4, -0.2) is 6.54 Å². The molecule has 1 aromatic carbocycles. The molecular weight excluding hydrogens is 213 g/mol. The molecule has 1 N–H and O–H groups in total. The van der Waals surface area contributed by atoms with Crippen LogP contribution < -0.4 is 5.32 Å². The SMILES string of the molecule is Fc1ccccc1C1NCCC2=C1CCCC2. The molecule has 2 heteroatoms. The molecular formula is C15H18FN. The van der Waals surface area contributed by atoms with Crippen molar-refractivity contribution >= 4 is 0 Å². The van der Waals surface area contributed by atoms with Crippen molar-refractivity contribution in [1.29, 1.82) is 0 Å². The molecule has 1 unspecified atom stereocenters. The normalized spacial score (nSPS) is 24.6. The van der Waals surface area contributed by atoms with Gasteiger partial charge in [-0.15, -0.1) is 0 Å². The van der Waals surface area contributed by atoms with Crippen LogP contribution in [0, 0.1) is 5.82 Å². The van der Waals surface area contributed by atoms with Crippen molar-refractivity contribution in [3.63, 3.8) is 0 Å². The van der Waals surface area contributed by atoms with E-state index in [1.165, 1.54) is 24.8 Å². The number of benzene rings is 1. The molecule has 1 aliphatic carbocycles. The third-order valence-electron chi connectivity index (χ3n) is 3.97. The van der Waals surface area contributed by atoms with Gasteiger partial charge in [-0.25, -0.2) is 4.39 Å². The Hall–Kier alpha value is -1.15. The summed E-state index contributed by atoms with van der Waals surface area (Å²) in [6, 6.07) is 7.29. The van der Waals surface area contributed by atoms with Crippen LogP contribution in [-0.2, 0) is 0 Å². The summed E-state index contributed by atoms with van der Waals surface area (Å²) >= 11 is 0. The fourth-order valence-electron chi connectivity index (χ4n) is 3.12. The summed E-state index contributed by atoms with van der Waals surface area (Å²) in [5.74, 6) is -0.0793. The summed E-state index contributed by atoms with van der Waals surface area (Å²) in [5.41, 5.74) is 3.87. The second kappa shape index (κ2) is 4.61. The highest BCUT2D eigenvalue weighted by Crippen LogP contribution is 2.38. The molecule has 0 saturated carbocycles. The van der Waals surface area contributed by atoms with Crippen molar-refractivity contribution in [3.05, 3.63) is 46.8 Å². The number of hydrogen-bond acceptors (Lipinski definition) is 1. The van der Waals surface area contributed by atoms with Gasteiger partial charge in [-0.1, -0.05) is 23.8 Å². The molecule has 1 aliphatic heterocycles. The molecule has 0 spiro atoms. The smallest absolute Gasteiger partial charge is 0.128 e. The summed E-state index contributed by atoms with van der Waals surface area (Å²) in [6.07, 6.45) is 6.08. The number of hydrogen-bond donors (Lipinski definition) is 1. The second-order valence-corrected chi connectivity index (χ2v) is 4.99. The molecule has 1 nitrogen and oxygen atoms in total. The van der Waals surface area contributed by atoms with Crippen molar-refractivity contribution in [2.24, 2.45) is 0 Å². The molecule has 3 rings (SSSR count). The van der Waals surface area contributed by atoms with Crippen molar-refractivity contribution in [2.75, 3.05) is 6.54 Å². The monoisotopic (exact) mass is 231 g/mol. The van der Waals surface area contributed by atoms with Crippen LogP contribution in [0.1, 0.15) is 43.7 Å². The zero-order chi connectivity index (χ0) is 11.7. The van der Waals surface area contributed by atoms with Crippen LogP contribution in [0.3, 0.4) is 0 Å². The average molecular weight is 231 g/mol. The van der Waals surface area contributed by atoms with Gasteiger partial charge >= 0.3 is 0 Å². The minimum atomic E-state index is -0.0793. The minimum Gasteiger partial charge on any atom is -0.306 e. The van der Waals surface area contributed by atoms with E-state index in [0.29, 0.717) is 0 Å². The number of nitrogens with one attached hydrogen (secondary N) is 1. The molecule has 0 bridgehead atoms. The van der Waals surface area contributed by atoms with Crippen LogP contribution in [0.2, 0.25) is 0 Å². The summed E-state index contributed by atoms with van der Waals surface area (Å²) < 4.78 is 13.9. The first-order valence-electron chi connectivity index (χ1n) is 6.55. The van der Waals surface area contributed by atoms with Gasteiger partial charge in [0.2, 0.25) is 0 Å². The highest BCUT2D eigenvalue weighted by molar-refractivity contribution is 5.35. The molecule has 0 amide bonds. The van der Waals surface area contributed by atoms with E-state index >= 15 is 0 Å². The lowest BCUT2D eigenvalue weighted by Gasteiger charge is -2.33. The van der Waals surface area contributed by atoms with Crippen LogP contribution in [0.25, 0.3) is 0 Å². The third-order valence-corrected chi connectivity index (χ3v) is 3.97. The first-order valence-corrected chi connectivity index (χ1v) is 6.55. The zero-order valence-corrected chi connectivity index (χ0v) is 10.0. The van der Waals surface area contributed by atoms with E-state index in [1.54, 1.807) is 17.7 Å². The highest BCUT2D eigenvalue weighted by atomic mass is 19.1. The maximum absolute atomic E-state index is 13.9. The van der Waals surface area contributed by atoms with E-state index < -0.39 is 0 Å². The van der Waals surface area contributed by atoms with Gasteiger partial charge in [-0.3, -0.25) is 0 Å². The largest absolute Gasteiger partial charge is 0.306 e. The maximum atomic E-state index is 13.9. The summed E-state index contributed by atoms with van der Waals surface area (Å²) in [5, 5.41) is 3.48. The Morgan fingerprint density at radius 3 is 2.76 bits per heavy atom. The standard InChI is InChI=1S/C15H18FN/c16-14-8-4-3-7-13(14)15-12-6-2-1-5-11(12)9-10-17-15/h3-4,7-8,15,17H,1-2,5-6,9-10H2. The van der Waals surface area contributed by atoms with E-state index in [4.69, 9.17) is 0 Å². The molecule has 90 valence electrons. The Bertz CT molecular complexity index is 446. The average Bonchev–Trinajstić information content (AvgIpc) is 2.39. The summed E-state index contributed by atoms with van der Waals surface area (Å²) in [6.45, 7) is 0.984. The van der Waals surface area contributed by atoms with Gasteiger partial charge in [0, 0.05) is 5.56 Å². The molecule has 0 aromatic heterocycles. The van der Waals surface area contributed by atoms with Crippen LogP contribution in [0.4, 0.5) is 4.39 Å². The van der Waals surface area contributed by atoms with Crippen molar-refractivity contribution in [1.82, 2.24) is 5.32 Å². The Morgan fingerprint density at radius 1 is 1.06 bits per heavy atom. The topological polar surface area (TPSA) is 12.0 Å². The van der Waals surface area contributed by atoms with Gasteiger partial charge in [0.05, 0.1) is 6.04 Å². The van der Waals surface area contributed by atoms with Crippen molar-refractivity contribution in [3.8, 4) is 0 Å². The fourth-order valence-corrected chi connectivity index (χ4v) is 3.12. The van der Waals surface area contributed by atoms with Crippen molar-refractivity contribution < 1.29 is 4.39 Å².